The fraction of sp³-hybridized carbons (Fsp3) is 0.455. The van der Waals surface area contributed by atoms with Crippen LogP contribution in [0.4, 0.5) is 24.5 Å². The molecule has 0 heterocycles. The first-order valence-electron chi connectivity index (χ1n) is 5.06. The summed E-state index contributed by atoms with van der Waals surface area (Å²) in [6.07, 6.45) is -4.44. The van der Waals surface area contributed by atoms with Gasteiger partial charge in [-0.15, -0.1) is 0 Å². The van der Waals surface area contributed by atoms with Crippen LogP contribution in [0.1, 0.15) is 12.5 Å². The highest BCUT2D eigenvalue weighted by atomic mass is 19.4. The van der Waals surface area contributed by atoms with Gasteiger partial charge in [-0.1, -0.05) is 0 Å². The minimum atomic E-state index is -4.44. The smallest absolute Gasteiger partial charge is 0.398 e. The van der Waals surface area contributed by atoms with E-state index in [9.17, 15) is 13.2 Å². The van der Waals surface area contributed by atoms with E-state index in [-0.39, 0.29) is 11.7 Å². The molecule has 0 aromatic heterocycles. The number of nitrogens with two attached hydrogens (primary N) is 1. The minimum Gasteiger partial charge on any atom is -0.398 e. The van der Waals surface area contributed by atoms with Crippen molar-refractivity contribution >= 4 is 11.4 Å². The normalized spacial score (nSPS) is 13.5. The maximum atomic E-state index is 12.6. The zero-order chi connectivity index (χ0) is 13.1. The standard InChI is InChI=1S/C11H15F3N2O/c1-7(6-17-2)16-8-3-4-10(15)9(5-8)11(12,13)14/h3-5,7,16H,6,15H2,1-2H3. The van der Waals surface area contributed by atoms with Crippen LogP contribution in [-0.2, 0) is 10.9 Å². The molecule has 96 valence electrons. The molecule has 1 rings (SSSR count). The highest BCUT2D eigenvalue weighted by Crippen LogP contribution is 2.35. The van der Waals surface area contributed by atoms with E-state index in [1.165, 1.54) is 19.2 Å². The van der Waals surface area contributed by atoms with Gasteiger partial charge in [0, 0.05) is 24.5 Å². The Bertz CT molecular complexity index is 379. The number of ether oxygens (including phenoxy) is 1. The maximum absolute atomic E-state index is 12.6. The van der Waals surface area contributed by atoms with E-state index in [4.69, 9.17) is 10.5 Å². The van der Waals surface area contributed by atoms with E-state index in [0.29, 0.717) is 12.3 Å². The molecule has 1 atom stereocenters. The average Bonchev–Trinajstić information content (AvgIpc) is 2.19. The number of hydrogen-bond donors (Lipinski definition) is 2. The van der Waals surface area contributed by atoms with Gasteiger partial charge in [0.05, 0.1) is 12.2 Å². The van der Waals surface area contributed by atoms with E-state index in [2.05, 4.69) is 5.32 Å². The van der Waals surface area contributed by atoms with Gasteiger partial charge in [0.1, 0.15) is 0 Å². The van der Waals surface area contributed by atoms with Crippen LogP contribution in [0.3, 0.4) is 0 Å². The van der Waals surface area contributed by atoms with Gasteiger partial charge in [0.25, 0.3) is 0 Å². The second kappa shape index (κ2) is 5.27. The molecule has 17 heavy (non-hydrogen) atoms. The van der Waals surface area contributed by atoms with Crippen LogP contribution in [0.25, 0.3) is 0 Å². The van der Waals surface area contributed by atoms with Crippen molar-refractivity contribution in [3.8, 4) is 0 Å². The van der Waals surface area contributed by atoms with Crippen LogP contribution < -0.4 is 11.1 Å². The number of methoxy groups -OCH3 is 1. The molecule has 0 saturated heterocycles. The largest absolute Gasteiger partial charge is 0.418 e. The van der Waals surface area contributed by atoms with E-state index >= 15 is 0 Å². The van der Waals surface area contributed by atoms with Gasteiger partial charge in [0.15, 0.2) is 0 Å². The highest BCUT2D eigenvalue weighted by Gasteiger charge is 2.33. The second-order valence-corrected chi connectivity index (χ2v) is 3.80. The SMILES string of the molecule is COCC(C)Nc1ccc(N)c(C(F)(F)F)c1. The predicted octanol–water partition coefficient (Wildman–Crippen LogP) is 2.73. The van der Waals surface area contributed by atoms with Gasteiger partial charge in [0.2, 0.25) is 0 Å². The van der Waals surface area contributed by atoms with Crippen molar-refractivity contribution in [2.45, 2.75) is 19.1 Å². The van der Waals surface area contributed by atoms with Crippen LogP contribution in [0, 0.1) is 0 Å². The number of nitrogen functional groups attached to an aromatic ring is 1. The Morgan fingerprint density at radius 1 is 1.41 bits per heavy atom. The number of halogens is 3. The molecule has 0 aliphatic carbocycles. The quantitative estimate of drug-likeness (QED) is 0.805. The predicted molar refractivity (Wildman–Crippen MR) is 60.8 cm³/mol. The summed E-state index contributed by atoms with van der Waals surface area (Å²) in [5.74, 6) is 0. The Balaban J connectivity index is 2.89. The second-order valence-electron chi connectivity index (χ2n) is 3.80. The number of nitrogens with one attached hydrogen (secondary N) is 1. The summed E-state index contributed by atoms with van der Waals surface area (Å²) in [6.45, 7) is 2.22. The van der Waals surface area contributed by atoms with Crippen LogP contribution in [0.2, 0.25) is 0 Å². The topological polar surface area (TPSA) is 47.3 Å². The summed E-state index contributed by atoms with van der Waals surface area (Å²) in [6, 6.07) is 3.67. The van der Waals surface area contributed by atoms with E-state index in [1.54, 1.807) is 0 Å². The molecule has 1 aromatic rings. The molecule has 1 aromatic carbocycles. The first-order valence-corrected chi connectivity index (χ1v) is 5.06. The van der Waals surface area contributed by atoms with Gasteiger partial charge in [-0.2, -0.15) is 13.2 Å². The van der Waals surface area contributed by atoms with Gasteiger partial charge >= 0.3 is 6.18 Å². The maximum Gasteiger partial charge on any atom is 0.418 e. The molecule has 3 N–H and O–H groups in total. The third kappa shape index (κ3) is 3.81. The molecule has 0 fully saturated rings. The highest BCUT2D eigenvalue weighted by molar-refractivity contribution is 5.58. The molecule has 6 heteroatoms. The van der Waals surface area contributed by atoms with E-state index < -0.39 is 11.7 Å². The van der Waals surface area contributed by atoms with Crippen LogP contribution in [0.15, 0.2) is 18.2 Å². The molecule has 0 radical (unpaired) electrons. The lowest BCUT2D eigenvalue weighted by atomic mass is 10.1. The zero-order valence-corrected chi connectivity index (χ0v) is 9.64. The fourth-order valence-electron chi connectivity index (χ4n) is 1.47. The summed E-state index contributed by atoms with van der Waals surface area (Å²) in [7, 11) is 1.53. The Labute approximate surface area is 97.8 Å². The molecular weight excluding hydrogens is 233 g/mol. The summed E-state index contributed by atoms with van der Waals surface area (Å²) in [4.78, 5) is 0. The fourth-order valence-corrected chi connectivity index (χ4v) is 1.47. The summed E-state index contributed by atoms with van der Waals surface area (Å²) in [5.41, 5.74) is 4.56. The first-order chi connectivity index (χ1) is 7.84. The molecule has 3 nitrogen and oxygen atoms in total. The Hall–Kier alpha value is -1.43. The van der Waals surface area contributed by atoms with Crippen molar-refractivity contribution in [2.75, 3.05) is 24.8 Å². The summed E-state index contributed by atoms with van der Waals surface area (Å²) in [5, 5.41) is 2.90. The lowest BCUT2D eigenvalue weighted by Gasteiger charge is -2.16. The number of benzene rings is 1. The van der Waals surface area contributed by atoms with Gasteiger partial charge in [-0.3, -0.25) is 0 Å². The minimum absolute atomic E-state index is 0.0790. The summed E-state index contributed by atoms with van der Waals surface area (Å²) >= 11 is 0. The Morgan fingerprint density at radius 2 is 2.06 bits per heavy atom. The Morgan fingerprint density at radius 3 is 2.59 bits per heavy atom. The zero-order valence-electron chi connectivity index (χ0n) is 9.64. The van der Waals surface area contributed by atoms with Crippen molar-refractivity contribution < 1.29 is 17.9 Å². The first kappa shape index (κ1) is 13.6. The molecule has 0 amide bonds. The van der Waals surface area contributed by atoms with Crippen LogP contribution in [0.5, 0.6) is 0 Å². The van der Waals surface area contributed by atoms with Crippen molar-refractivity contribution in [3.05, 3.63) is 23.8 Å². The third-order valence-electron chi connectivity index (χ3n) is 2.19. The summed E-state index contributed by atoms with van der Waals surface area (Å²) < 4.78 is 42.6. The lowest BCUT2D eigenvalue weighted by Crippen LogP contribution is -2.21. The molecule has 1 unspecified atom stereocenters. The molecule has 0 aliphatic heterocycles. The van der Waals surface area contributed by atoms with Gasteiger partial charge in [-0.25, -0.2) is 0 Å². The average molecular weight is 248 g/mol. The van der Waals surface area contributed by atoms with Crippen LogP contribution in [-0.4, -0.2) is 19.8 Å². The molecule has 0 spiro atoms. The molecule has 0 bridgehead atoms. The van der Waals surface area contributed by atoms with Crippen LogP contribution >= 0.6 is 0 Å². The van der Waals surface area contributed by atoms with Gasteiger partial charge < -0.3 is 15.8 Å². The number of anilines is 2. The molecule has 0 aliphatic rings. The van der Waals surface area contributed by atoms with E-state index in [1.807, 2.05) is 6.92 Å². The number of alkyl halides is 3. The van der Waals surface area contributed by atoms with E-state index in [0.717, 1.165) is 6.07 Å². The van der Waals surface area contributed by atoms with Gasteiger partial charge in [-0.05, 0) is 25.1 Å². The van der Waals surface area contributed by atoms with Crippen molar-refractivity contribution in [1.29, 1.82) is 0 Å². The molecular formula is C11H15F3N2O. The lowest BCUT2D eigenvalue weighted by molar-refractivity contribution is -0.136. The third-order valence-corrected chi connectivity index (χ3v) is 2.19. The number of rotatable bonds is 4. The number of hydrogen-bond acceptors (Lipinski definition) is 3. The monoisotopic (exact) mass is 248 g/mol. The van der Waals surface area contributed by atoms with Crippen molar-refractivity contribution in [2.24, 2.45) is 0 Å². The van der Waals surface area contributed by atoms with Crippen molar-refractivity contribution in [3.63, 3.8) is 0 Å². The molecule has 0 saturated carbocycles. The van der Waals surface area contributed by atoms with Crippen molar-refractivity contribution in [1.82, 2.24) is 0 Å². The Kier molecular flexibility index (Phi) is 4.22.